The standard InChI is InChI=1S/C16H17N5/c1-21(2)15-7-5-13(6-8-15)10-19-16(20-12-17)14-4-3-9-18-11-14/h3-9,11H,10H2,1-2H3,(H,19,20). The van der Waals surface area contributed by atoms with Gasteiger partial charge in [-0.3, -0.25) is 15.3 Å². The molecule has 2 rings (SSSR count). The first-order valence-corrected chi connectivity index (χ1v) is 6.57. The van der Waals surface area contributed by atoms with Crippen LogP contribution < -0.4 is 10.2 Å². The quantitative estimate of drug-likeness (QED) is 0.403. The summed E-state index contributed by atoms with van der Waals surface area (Å²) in [6.07, 6.45) is 5.28. The average Bonchev–Trinajstić information content (AvgIpc) is 2.52. The van der Waals surface area contributed by atoms with Crippen molar-refractivity contribution < 1.29 is 0 Å². The summed E-state index contributed by atoms with van der Waals surface area (Å²) in [6.45, 7) is 0.507. The molecule has 0 atom stereocenters. The molecular formula is C16H17N5. The van der Waals surface area contributed by atoms with Crippen molar-refractivity contribution in [2.75, 3.05) is 19.0 Å². The van der Waals surface area contributed by atoms with Crippen LogP contribution in [0.5, 0.6) is 0 Å². The van der Waals surface area contributed by atoms with E-state index in [2.05, 4.69) is 15.3 Å². The predicted octanol–water partition coefficient (Wildman–Crippen LogP) is 2.17. The summed E-state index contributed by atoms with van der Waals surface area (Å²) in [5, 5.41) is 11.4. The van der Waals surface area contributed by atoms with Gasteiger partial charge in [0.2, 0.25) is 0 Å². The van der Waals surface area contributed by atoms with E-state index >= 15 is 0 Å². The van der Waals surface area contributed by atoms with E-state index in [4.69, 9.17) is 5.26 Å². The Kier molecular flexibility index (Phi) is 4.89. The highest BCUT2D eigenvalue weighted by molar-refractivity contribution is 5.99. The summed E-state index contributed by atoms with van der Waals surface area (Å²) in [5.74, 6) is 0.530. The lowest BCUT2D eigenvalue weighted by Gasteiger charge is -2.12. The Balaban J connectivity index is 2.15. The molecule has 0 aliphatic heterocycles. The molecule has 0 aliphatic carbocycles. The normalized spacial score (nSPS) is 10.8. The highest BCUT2D eigenvalue weighted by Gasteiger charge is 2.02. The smallest absolute Gasteiger partial charge is 0.182 e. The molecule has 0 spiro atoms. The van der Waals surface area contributed by atoms with Crippen LogP contribution in [-0.2, 0) is 6.54 Å². The lowest BCUT2D eigenvalue weighted by Crippen LogP contribution is -2.19. The van der Waals surface area contributed by atoms with E-state index in [1.165, 1.54) is 0 Å². The lowest BCUT2D eigenvalue weighted by atomic mass is 10.2. The summed E-state index contributed by atoms with van der Waals surface area (Å²) in [6, 6.07) is 11.8. The SMILES string of the molecule is CN(C)c1ccc(C/N=C(\NC#N)c2cccnc2)cc1. The molecule has 5 nitrogen and oxygen atoms in total. The topological polar surface area (TPSA) is 64.3 Å². The molecule has 0 unspecified atom stereocenters. The zero-order chi connectivity index (χ0) is 15.1. The molecule has 1 heterocycles. The van der Waals surface area contributed by atoms with Gasteiger partial charge in [0.15, 0.2) is 6.19 Å². The number of amidine groups is 1. The molecule has 21 heavy (non-hydrogen) atoms. The summed E-state index contributed by atoms with van der Waals surface area (Å²) in [5.41, 5.74) is 3.02. The van der Waals surface area contributed by atoms with Gasteiger partial charge in [0, 0.05) is 37.7 Å². The fourth-order valence-electron chi connectivity index (χ4n) is 1.83. The molecule has 0 bridgehead atoms. The molecule has 0 amide bonds. The highest BCUT2D eigenvalue weighted by atomic mass is 15.1. The number of nitriles is 1. The van der Waals surface area contributed by atoms with Crippen molar-refractivity contribution in [3.05, 3.63) is 59.9 Å². The van der Waals surface area contributed by atoms with Crippen LogP contribution in [-0.4, -0.2) is 24.9 Å². The number of hydrogen-bond acceptors (Lipinski definition) is 4. The van der Waals surface area contributed by atoms with Crippen molar-refractivity contribution in [3.8, 4) is 6.19 Å². The Morgan fingerprint density at radius 3 is 2.62 bits per heavy atom. The van der Waals surface area contributed by atoms with Crippen molar-refractivity contribution in [2.24, 2.45) is 4.99 Å². The fraction of sp³-hybridized carbons (Fsp3) is 0.188. The summed E-state index contributed by atoms with van der Waals surface area (Å²) < 4.78 is 0. The lowest BCUT2D eigenvalue weighted by molar-refractivity contribution is 1.04. The van der Waals surface area contributed by atoms with Crippen molar-refractivity contribution in [2.45, 2.75) is 6.54 Å². The Hall–Kier alpha value is -2.87. The third kappa shape index (κ3) is 4.05. The van der Waals surface area contributed by atoms with E-state index in [-0.39, 0.29) is 0 Å². The van der Waals surface area contributed by atoms with Gasteiger partial charge in [0.05, 0.1) is 6.54 Å². The monoisotopic (exact) mass is 279 g/mol. The van der Waals surface area contributed by atoms with Crippen molar-refractivity contribution in [1.82, 2.24) is 10.3 Å². The number of aliphatic imine (C=N–C) groups is 1. The van der Waals surface area contributed by atoms with Crippen LogP contribution in [0.15, 0.2) is 53.8 Å². The molecule has 1 aromatic heterocycles. The molecule has 106 valence electrons. The molecule has 0 radical (unpaired) electrons. The largest absolute Gasteiger partial charge is 0.378 e. The number of nitrogens with one attached hydrogen (secondary N) is 1. The molecule has 0 fully saturated rings. The van der Waals surface area contributed by atoms with Gasteiger partial charge in [-0.2, -0.15) is 5.26 Å². The Morgan fingerprint density at radius 2 is 2.05 bits per heavy atom. The molecule has 5 heteroatoms. The van der Waals surface area contributed by atoms with E-state index in [0.717, 1.165) is 16.8 Å². The number of anilines is 1. The maximum atomic E-state index is 8.82. The van der Waals surface area contributed by atoms with E-state index < -0.39 is 0 Å². The van der Waals surface area contributed by atoms with Crippen LogP contribution in [0.3, 0.4) is 0 Å². The second-order valence-electron chi connectivity index (χ2n) is 4.70. The van der Waals surface area contributed by atoms with Crippen LogP contribution in [0.4, 0.5) is 5.69 Å². The van der Waals surface area contributed by atoms with E-state index in [0.29, 0.717) is 12.4 Å². The molecule has 1 N–H and O–H groups in total. The first kappa shape index (κ1) is 14.5. The van der Waals surface area contributed by atoms with Crippen molar-refractivity contribution in [1.29, 1.82) is 5.26 Å². The molecule has 0 saturated heterocycles. The van der Waals surface area contributed by atoms with Crippen LogP contribution in [0, 0.1) is 11.5 Å². The zero-order valence-corrected chi connectivity index (χ0v) is 12.1. The van der Waals surface area contributed by atoms with E-state index in [9.17, 15) is 0 Å². The Morgan fingerprint density at radius 1 is 1.29 bits per heavy atom. The first-order valence-electron chi connectivity index (χ1n) is 6.57. The minimum Gasteiger partial charge on any atom is -0.378 e. The Labute approximate surface area is 124 Å². The molecule has 1 aromatic carbocycles. The van der Waals surface area contributed by atoms with Crippen molar-refractivity contribution in [3.63, 3.8) is 0 Å². The Bertz CT molecular complexity index is 639. The van der Waals surface area contributed by atoms with Gasteiger partial charge in [-0.15, -0.1) is 0 Å². The highest BCUT2D eigenvalue weighted by Crippen LogP contribution is 2.13. The number of rotatable bonds is 4. The third-order valence-electron chi connectivity index (χ3n) is 2.98. The van der Waals surface area contributed by atoms with Gasteiger partial charge in [-0.05, 0) is 29.8 Å². The molecule has 0 saturated carbocycles. The second kappa shape index (κ2) is 7.06. The number of benzene rings is 1. The van der Waals surface area contributed by atoms with Gasteiger partial charge in [0.1, 0.15) is 5.84 Å². The third-order valence-corrected chi connectivity index (χ3v) is 2.98. The van der Waals surface area contributed by atoms with Gasteiger partial charge < -0.3 is 4.90 Å². The second-order valence-corrected chi connectivity index (χ2v) is 4.70. The number of nitrogens with zero attached hydrogens (tertiary/aromatic N) is 4. The molecular weight excluding hydrogens is 262 g/mol. The first-order chi connectivity index (χ1) is 10.2. The number of pyridine rings is 1. The van der Waals surface area contributed by atoms with Crippen LogP contribution in [0.1, 0.15) is 11.1 Å². The van der Waals surface area contributed by atoms with Crippen LogP contribution >= 0.6 is 0 Å². The minimum atomic E-state index is 0.507. The minimum absolute atomic E-state index is 0.507. The zero-order valence-electron chi connectivity index (χ0n) is 12.1. The maximum absolute atomic E-state index is 8.82. The van der Waals surface area contributed by atoms with Crippen LogP contribution in [0.2, 0.25) is 0 Å². The predicted molar refractivity (Wildman–Crippen MR) is 84.0 cm³/mol. The summed E-state index contributed by atoms with van der Waals surface area (Å²) >= 11 is 0. The maximum Gasteiger partial charge on any atom is 0.182 e. The van der Waals surface area contributed by atoms with E-state index in [1.807, 2.05) is 61.6 Å². The molecule has 0 aliphatic rings. The molecule has 2 aromatic rings. The summed E-state index contributed by atoms with van der Waals surface area (Å²) in [4.78, 5) is 10.5. The van der Waals surface area contributed by atoms with E-state index in [1.54, 1.807) is 12.4 Å². The van der Waals surface area contributed by atoms with Gasteiger partial charge in [-0.25, -0.2) is 0 Å². The summed E-state index contributed by atoms with van der Waals surface area (Å²) in [7, 11) is 4.01. The van der Waals surface area contributed by atoms with Gasteiger partial charge in [-0.1, -0.05) is 12.1 Å². The number of hydrogen-bond donors (Lipinski definition) is 1. The number of aromatic nitrogens is 1. The van der Waals surface area contributed by atoms with Crippen molar-refractivity contribution >= 4 is 11.5 Å². The fourth-order valence-corrected chi connectivity index (χ4v) is 1.83. The van der Waals surface area contributed by atoms with Gasteiger partial charge >= 0.3 is 0 Å². The average molecular weight is 279 g/mol. The van der Waals surface area contributed by atoms with Crippen LogP contribution in [0.25, 0.3) is 0 Å². The van der Waals surface area contributed by atoms with Gasteiger partial charge in [0.25, 0.3) is 0 Å².